The van der Waals surface area contributed by atoms with Crippen LogP contribution in [0, 0.1) is 11.3 Å². The summed E-state index contributed by atoms with van der Waals surface area (Å²) >= 11 is 0. The Morgan fingerprint density at radius 2 is 1.75 bits per heavy atom. The Kier molecular flexibility index (Phi) is 2.88. The number of hydrogen-bond donors (Lipinski definition) is 1. The number of phenols is 1. The minimum Gasteiger partial charge on any atom is -0.507 e. The van der Waals surface area contributed by atoms with Crippen LogP contribution in [0.25, 0.3) is 0 Å². The molecule has 2 aromatic carbocycles. The zero-order chi connectivity index (χ0) is 11.4. The molecular weight excluding hydrogens is 198 g/mol. The molecule has 0 aliphatic heterocycles. The van der Waals surface area contributed by atoms with Crippen LogP contribution in [-0.2, 0) is 6.42 Å². The fourth-order valence-corrected chi connectivity index (χ4v) is 1.61. The molecule has 1 N–H and O–H groups in total. The molecule has 2 heteroatoms. The zero-order valence-corrected chi connectivity index (χ0v) is 8.72. The lowest BCUT2D eigenvalue weighted by Crippen LogP contribution is -1.88. The van der Waals surface area contributed by atoms with Gasteiger partial charge in [0.2, 0.25) is 0 Å². The number of rotatable bonds is 2. The molecule has 0 aliphatic carbocycles. The van der Waals surface area contributed by atoms with E-state index in [0.29, 0.717) is 5.56 Å². The highest BCUT2D eigenvalue weighted by molar-refractivity contribution is 5.45. The fourth-order valence-electron chi connectivity index (χ4n) is 1.61. The van der Waals surface area contributed by atoms with Gasteiger partial charge in [0.15, 0.2) is 0 Å². The van der Waals surface area contributed by atoms with Gasteiger partial charge in [-0.1, -0.05) is 36.4 Å². The van der Waals surface area contributed by atoms with Crippen LogP contribution in [-0.4, -0.2) is 5.11 Å². The van der Waals surface area contributed by atoms with Crippen molar-refractivity contribution in [1.82, 2.24) is 0 Å². The maximum Gasteiger partial charge on any atom is 0.133 e. The van der Waals surface area contributed by atoms with Gasteiger partial charge in [-0.3, -0.25) is 0 Å². The van der Waals surface area contributed by atoms with E-state index in [1.165, 1.54) is 5.56 Å². The van der Waals surface area contributed by atoms with Crippen molar-refractivity contribution < 1.29 is 5.11 Å². The molecule has 2 aromatic rings. The Balaban J connectivity index is 2.27. The number of nitrogens with zero attached hydrogens (tertiary/aromatic N) is 1. The third-order valence-electron chi connectivity index (χ3n) is 2.43. The first-order valence-electron chi connectivity index (χ1n) is 5.05. The normalized spacial score (nSPS) is 9.69. The van der Waals surface area contributed by atoms with Crippen LogP contribution in [0.3, 0.4) is 0 Å². The van der Waals surface area contributed by atoms with Crippen molar-refractivity contribution in [2.45, 2.75) is 6.42 Å². The molecule has 2 nitrogen and oxygen atoms in total. The molecular formula is C14H11NO. The molecule has 0 saturated heterocycles. The molecule has 0 radical (unpaired) electrons. The van der Waals surface area contributed by atoms with Crippen molar-refractivity contribution in [2.75, 3.05) is 0 Å². The molecule has 2 rings (SSSR count). The van der Waals surface area contributed by atoms with Crippen molar-refractivity contribution in [3.63, 3.8) is 0 Å². The van der Waals surface area contributed by atoms with Crippen LogP contribution in [0.1, 0.15) is 16.7 Å². The standard InChI is InChI=1S/C14H11NO/c15-10-13-9-12(6-7-14(13)16)8-11-4-2-1-3-5-11/h1-7,9,16H,8H2. The van der Waals surface area contributed by atoms with Gasteiger partial charge >= 0.3 is 0 Å². The zero-order valence-electron chi connectivity index (χ0n) is 8.72. The first kappa shape index (κ1) is 10.3. The first-order chi connectivity index (χ1) is 7.79. The molecule has 0 saturated carbocycles. The van der Waals surface area contributed by atoms with Crippen LogP contribution in [0.5, 0.6) is 5.75 Å². The number of hydrogen-bond acceptors (Lipinski definition) is 2. The van der Waals surface area contributed by atoms with Gasteiger partial charge in [0.25, 0.3) is 0 Å². The molecule has 0 atom stereocenters. The topological polar surface area (TPSA) is 44.0 Å². The fraction of sp³-hybridized carbons (Fsp3) is 0.0714. The second-order valence-electron chi connectivity index (χ2n) is 3.63. The Labute approximate surface area is 94.4 Å². The lowest BCUT2D eigenvalue weighted by Gasteiger charge is -2.03. The second-order valence-corrected chi connectivity index (χ2v) is 3.63. The number of aromatic hydroxyl groups is 1. The van der Waals surface area contributed by atoms with Gasteiger partial charge in [-0.05, 0) is 29.7 Å². The average molecular weight is 209 g/mol. The molecule has 78 valence electrons. The summed E-state index contributed by atoms with van der Waals surface area (Å²) in [5.41, 5.74) is 2.55. The number of phenolic OH excluding ortho intramolecular Hbond substituents is 1. The van der Waals surface area contributed by atoms with Crippen molar-refractivity contribution in [2.24, 2.45) is 0 Å². The molecule has 0 unspecified atom stereocenters. The molecule has 0 spiro atoms. The third-order valence-corrected chi connectivity index (χ3v) is 2.43. The molecule has 0 fully saturated rings. The van der Waals surface area contributed by atoms with Gasteiger partial charge in [0.1, 0.15) is 11.8 Å². The lowest BCUT2D eigenvalue weighted by molar-refractivity contribution is 0.473. The largest absolute Gasteiger partial charge is 0.507 e. The highest BCUT2D eigenvalue weighted by Crippen LogP contribution is 2.19. The third kappa shape index (κ3) is 2.21. The lowest BCUT2D eigenvalue weighted by atomic mass is 10.0. The van der Waals surface area contributed by atoms with Crippen LogP contribution >= 0.6 is 0 Å². The molecule has 0 bridgehead atoms. The summed E-state index contributed by atoms with van der Waals surface area (Å²) in [6, 6.07) is 17.1. The van der Waals surface area contributed by atoms with Crippen molar-refractivity contribution >= 4 is 0 Å². The minimum absolute atomic E-state index is 0.0410. The van der Waals surface area contributed by atoms with Gasteiger partial charge in [-0.15, -0.1) is 0 Å². The Morgan fingerprint density at radius 1 is 1.00 bits per heavy atom. The van der Waals surface area contributed by atoms with E-state index < -0.39 is 0 Å². The van der Waals surface area contributed by atoms with E-state index in [0.717, 1.165) is 12.0 Å². The summed E-state index contributed by atoms with van der Waals surface area (Å²) < 4.78 is 0. The monoisotopic (exact) mass is 209 g/mol. The van der Waals surface area contributed by atoms with E-state index in [2.05, 4.69) is 0 Å². The SMILES string of the molecule is N#Cc1cc(Cc2ccccc2)ccc1O. The maximum absolute atomic E-state index is 9.38. The highest BCUT2D eigenvalue weighted by Gasteiger charge is 2.02. The number of benzene rings is 2. The van der Waals surface area contributed by atoms with E-state index in [1.54, 1.807) is 12.1 Å². The summed E-state index contributed by atoms with van der Waals surface area (Å²) in [5.74, 6) is 0.0410. The Hall–Kier alpha value is -2.27. The van der Waals surface area contributed by atoms with Crippen molar-refractivity contribution in [1.29, 1.82) is 5.26 Å². The summed E-state index contributed by atoms with van der Waals surface area (Å²) in [4.78, 5) is 0. The molecule has 0 amide bonds. The predicted molar refractivity (Wildman–Crippen MR) is 62.1 cm³/mol. The van der Waals surface area contributed by atoms with Crippen LogP contribution in [0.15, 0.2) is 48.5 Å². The van der Waals surface area contributed by atoms with Crippen LogP contribution in [0.2, 0.25) is 0 Å². The van der Waals surface area contributed by atoms with Gasteiger partial charge in [0.05, 0.1) is 5.56 Å². The van der Waals surface area contributed by atoms with Gasteiger partial charge < -0.3 is 5.11 Å². The van der Waals surface area contributed by atoms with Gasteiger partial charge in [-0.25, -0.2) is 0 Å². The Bertz CT molecular complexity index is 526. The predicted octanol–water partition coefficient (Wildman–Crippen LogP) is 2.85. The quantitative estimate of drug-likeness (QED) is 0.826. The maximum atomic E-state index is 9.38. The summed E-state index contributed by atoms with van der Waals surface area (Å²) in [7, 11) is 0. The second kappa shape index (κ2) is 4.50. The molecule has 16 heavy (non-hydrogen) atoms. The summed E-state index contributed by atoms with van der Waals surface area (Å²) in [6.07, 6.45) is 0.774. The van der Waals surface area contributed by atoms with Crippen LogP contribution < -0.4 is 0 Å². The van der Waals surface area contributed by atoms with Gasteiger partial charge in [0, 0.05) is 0 Å². The summed E-state index contributed by atoms with van der Waals surface area (Å²) in [6.45, 7) is 0. The van der Waals surface area contributed by atoms with Crippen LogP contribution in [0.4, 0.5) is 0 Å². The average Bonchev–Trinajstić information content (AvgIpc) is 2.33. The molecule has 0 aliphatic rings. The molecule has 0 heterocycles. The van der Waals surface area contributed by atoms with E-state index in [9.17, 15) is 5.11 Å². The van der Waals surface area contributed by atoms with Gasteiger partial charge in [-0.2, -0.15) is 5.26 Å². The summed E-state index contributed by atoms with van der Waals surface area (Å²) in [5, 5.41) is 18.2. The Morgan fingerprint density at radius 3 is 2.44 bits per heavy atom. The van der Waals surface area contributed by atoms with Crippen molar-refractivity contribution in [3.05, 3.63) is 65.2 Å². The number of nitriles is 1. The van der Waals surface area contributed by atoms with E-state index in [-0.39, 0.29) is 5.75 Å². The molecule has 0 aromatic heterocycles. The highest BCUT2D eigenvalue weighted by atomic mass is 16.3. The smallest absolute Gasteiger partial charge is 0.133 e. The van der Waals surface area contributed by atoms with Crippen molar-refractivity contribution in [3.8, 4) is 11.8 Å². The van der Waals surface area contributed by atoms with E-state index in [1.807, 2.05) is 42.5 Å². The van der Waals surface area contributed by atoms with E-state index in [4.69, 9.17) is 5.26 Å². The minimum atomic E-state index is 0.0410. The first-order valence-corrected chi connectivity index (χ1v) is 5.05. The van der Waals surface area contributed by atoms with E-state index >= 15 is 0 Å².